The lowest BCUT2D eigenvalue weighted by Gasteiger charge is -2.06. The number of halogens is 2. The molecule has 0 spiro atoms. The highest BCUT2D eigenvalue weighted by molar-refractivity contribution is 7.13. The van der Waals surface area contributed by atoms with E-state index in [4.69, 9.17) is 28.5 Å². The van der Waals surface area contributed by atoms with Gasteiger partial charge in [-0.05, 0) is 25.1 Å². The van der Waals surface area contributed by atoms with Crippen molar-refractivity contribution >= 4 is 51.3 Å². The average molecular weight is 353 g/mol. The van der Waals surface area contributed by atoms with Crippen LogP contribution in [0.2, 0.25) is 10.0 Å². The van der Waals surface area contributed by atoms with Gasteiger partial charge in [0.1, 0.15) is 11.6 Å². The van der Waals surface area contributed by atoms with Crippen LogP contribution in [0.3, 0.4) is 0 Å². The van der Waals surface area contributed by atoms with E-state index in [2.05, 4.69) is 15.6 Å². The molecule has 1 aromatic heterocycles. The summed E-state index contributed by atoms with van der Waals surface area (Å²) >= 11 is 13.1. The van der Waals surface area contributed by atoms with Crippen LogP contribution >= 0.6 is 34.5 Å². The van der Waals surface area contributed by atoms with Gasteiger partial charge in [0.05, 0.1) is 16.4 Å². The van der Waals surface area contributed by atoms with E-state index in [0.29, 0.717) is 20.9 Å². The molecule has 0 aliphatic rings. The number of carbonyl (C=O) groups excluding carboxylic acids is 1. The van der Waals surface area contributed by atoms with E-state index in [1.807, 2.05) is 18.4 Å². The molecule has 2 aromatic rings. The first-order chi connectivity index (χ1) is 10.5. The lowest BCUT2D eigenvalue weighted by atomic mass is 10.2. The number of nitriles is 1. The molecular formula is C14H10Cl2N4OS. The third kappa shape index (κ3) is 4.21. The number of hydrogen-bond donors (Lipinski definition) is 2. The van der Waals surface area contributed by atoms with Gasteiger partial charge in [0.2, 0.25) is 0 Å². The highest BCUT2D eigenvalue weighted by Gasteiger charge is 2.11. The van der Waals surface area contributed by atoms with Crippen LogP contribution in [0.5, 0.6) is 0 Å². The summed E-state index contributed by atoms with van der Waals surface area (Å²) in [4.78, 5) is 16.2. The number of aromatic nitrogens is 1. The summed E-state index contributed by atoms with van der Waals surface area (Å²) in [5.74, 6) is -0.576. The minimum Gasteiger partial charge on any atom is -0.337 e. The molecule has 0 fully saturated rings. The summed E-state index contributed by atoms with van der Waals surface area (Å²) in [7, 11) is 0. The maximum atomic E-state index is 12.1. The molecule has 0 saturated heterocycles. The van der Waals surface area contributed by atoms with Crippen molar-refractivity contribution in [2.45, 2.75) is 6.92 Å². The van der Waals surface area contributed by atoms with Crippen LogP contribution in [0, 0.1) is 18.3 Å². The van der Waals surface area contributed by atoms with E-state index in [0.717, 1.165) is 5.69 Å². The number of carbonyl (C=O) groups is 1. The Kier molecular flexibility index (Phi) is 5.39. The van der Waals surface area contributed by atoms with E-state index in [-0.39, 0.29) is 5.57 Å². The van der Waals surface area contributed by atoms with Gasteiger partial charge in [-0.15, -0.1) is 11.3 Å². The van der Waals surface area contributed by atoms with E-state index < -0.39 is 5.91 Å². The minimum atomic E-state index is -0.576. The second-order valence-corrected chi connectivity index (χ2v) is 5.89. The molecule has 0 aliphatic carbocycles. The lowest BCUT2D eigenvalue weighted by molar-refractivity contribution is -0.112. The topological polar surface area (TPSA) is 77.8 Å². The maximum Gasteiger partial charge on any atom is 0.267 e. The van der Waals surface area contributed by atoms with Crippen LogP contribution in [-0.4, -0.2) is 10.9 Å². The fourth-order valence-electron chi connectivity index (χ4n) is 1.48. The third-order valence-corrected chi connectivity index (χ3v) is 3.94. The van der Waals surface area contributed by atoms with Crippen LogP contribution in [0.15, 0.2) is 35.4 Å². The molecule has 8 heteroatoms. The quantitative estimate of drug-likeness (QED) is 0.637. The monoisotopic (exact) mass is 352 g/mol. The SMILES string of the molecule is Cc1csc(N/C=C(/C#N)C(=O)Nc2ccc(Cl)cc2Cl)n1. The zero-order chi connectivity index (χ0) is 16.1. The zero-order valence-corrected chi connectivity index (χ0v) is 13.7. The van der Waals surface area contributed by atoms with Gasteiger partial charge in [0, 0.05) is 16.6 Å². The number of benzene rings is 1. The minimum absolute atomic E-state index is 0.0983. The first kappa shape index (κ1) is 16.3. The number of anilines is 2. The van der Waals surface area contributed by atoms with Crippen molar-refractivity contribution in [1.82, 2.24) is 4.98 Å². The van der Waals surface area contributed by atoms with Crippen molar-refractivity contribution in [2.24, 2.45) is 0 Å². The first-order valence-corrected chi connectivity index (χ1v) is 7.68. The van der Waals surface area contributed by atoms with Crippen LogP contribution < -0.4 is 10.6 Å². The Morgan fingerprint density at radius 2 is 2.23 bits per heavy atom. The van der Waals surface area contributed by atoms with Crippen molar-refractivity contribution in [3.05, 3.63) is 51.1 Å². The van der Waals surface area contributed by atoms with Gasteiger partial charge in [0.15, 0.2) is 5.13 Å². The molecule has 1 amide bonds. The first-order valence-electron chi connectivity index (χ1n) is 6.05. The van der Waals surface area contributed by atoms with Crippen molar-refractivity contribution in [3.63, 3.8) is 0 Å². The standard InChI is InChI=1S/C14H10Cl2N4OS/c1-8-7-22-14(19-8)18-6-9(5-17)13(21)20-12-3-2-10(15)4-11(12)16/h2-4,6-7H,1H3,(H,18,19)(H,20,21)/b9-6-. The number of rotatable bonds is 4. The molecule has 2 rings (SSSR count). The Labute approximate surface area is 141 Å². The number of amides is 1. The maximum absolute atomic E-state index is 12.1. The molecule has 0 atom stereocenters. The van der Waals surface area contributed by atoms with Crippen LogP contribution in [0.1, 0.15) is 5.69 Å². The van der Waals surface area contributed by atoms with Crippen molar-refractivity contribution in [2.75, 3.05) is 10.6 Å². The second-order valence-electron chi connectivity index (χ2n) is 4.19. The van der Waals surface area contributed by atoms with Gasteiger partial charge in [-0.3, -0.25) is 4.79 Å². The number of nitrogens with one attached hydrogen (secondary N) is 2. The molecule has 0 bridgehead atoms. The normalized spacial score (nSPS) is 10.9. The van der Waals surface area contributed by atoms with Crippen molar-refractivity contribution < 1.29 is 4.79 Å². The second kappa shape index (κ2) is 7.27. The molecule has 1 heterocycles. The van der Waals surface area contributed by atoms with Crippen LogP contribution in [0.25, 0.3) is 0 Å². The molecule has 0 saturated carbocycles. The van der Waals surface area contributed by atoms with Gasteiger partial charge < -0.3 is 10.6 Å². The van der Waals surface area contributed by atoms with Gasteiger partial charge in [-0.25, -0.2) is 4.98 Å². The molecule has 5 nitrogen and oxygen atoms in total. The Morgan fingerprint density at radius 1 is 1.45 bits per heavy atom. The molecule has 0 radical (unpaired) electrons. The molecule has 112 valence electrons. The Hall–Kier alpha value is -2.07. The molecule has 0 aliphatic heterocycles. The van der Waals surface area contributed by atoms with E-state index >= 15 is 0 Å². The summed E-state index contributed by atoms with van der Waals surface area (Å²) < 4.78 is 0. The predicted octanol–water partition coefficient (Wildman–Crippen LogP) is 4.22. The number of aryl methyl sites for hydroxylation is 1. The Balaban J connectivity index is 2.10. The summed E-state index contributed by atoms with van der Waals surface area (Å²) in [5.41, 5.74) is 1.14. The Morgan fingerprint density at radius 3 is 2.82 bits per heavy atom. The highest BCUT2D eigenvalue weighted by atomic mass is 35.5. The highest BCUT2D eigenvalue weighted by Crippen LogP contribution is 2.25. The smallest absolute Gasteiger partial charge is 0.267 e. The van der Waals surface area contributed by atoms with Crippen molar-refractivity contribution in [3.8, 4) is 6.07 Å². The van der Waals surface area contributed by atoms with Gasteiger partial charge in [-0.2, -0.15) is 5.26 Å². The van der Waals surface area contributed by atoms with Crippen LogP contribution in [0.4, 0.5) is 10.8 Å². The number of hydrogen-bond acceptors (Lipinski definition) is 5. The van der Waals surface area contributed by atoms with Gasteiger partial charge in [0.25, 0.3) is 5.91 Å². The molecule has 2 N–H and O–H groups in total. The van der Waals surface area contributed by atoms with E-state index in [1.54, 1.807) is 12.1 Å². The summed E-state index contributed by atoms with van der Waals surface area (Å²) in [6, 6.07) is 6.49. The lowest BCUT2D eigenvalue weighted by Crippen LogP contribution is -2.14. The molecule has 0 unspecified atom stereocenters. The molecular weight excluding hydrogens is 343 g/mol. The van der Waals surface area contributed by atoms with E-state index in [9.17, 15) is 4.79 Å². The number of nitrogens with zero attached hydrogens (tertiary/aromatic N) is 2. The fourth-order valence-corrected chi connectivity index (χ4v) is 2.60. The fraction of sp³-hybridized carbons (Fsp3) is 0.0714. The van der Waals surface area contributed by atoms with Gasteiger partial charge in [-0.1, -0.05) is 23.2 Å². The summed E-state index contributed by atoms with van der Waals surface area (Å²) in [5, 5.41) is 17.7. The summed E-state index contributed by atoms with van der Waals surface area (Å²) in [6.45, 7) is 1.85. The largest absolute Gasteiger partial charge is 0.337 e. The van der Waals surface area contributed by atoms with Crippen LogP contribution in [-0.2, 0) is 4.79 Å². The third-order valence-electron chi connectivity index (χ3n) is 2.50. The Bertz CT molecular complexity index is 779. The van der Waals surface area contributed by atoms with Gasteiger partial charge >= 0.3 is 0 Å². The predicted molar refractivity (Wildman–Crippen MR) is 89.3 cm³/mol. The van der Waals surface area contributed by atoms with E-state index in [1.165, 1.54) is 23.6 Å². The summed E-state index contributed by atoms with van der Waals surface area (Å²) in [6.07, 6.45) is 1.30. The van der Waals surface area contributed by atoms with Crippen molar-refractivity contribution in [1.29, 1.82) is 5.26 Å². The zero-order valence-electron chi connectivity index (χ0n) is 11.4. The average Bonchev–Trinajstić information content (AvgIpc) is 2.88. The molecule has 1 aromatic carbocycles. The number of thiazole rings is 1. The molecule has 22 heavy (non-hydrogen) atoms.